The van der Waals surface area contributed by atoms with Gasteiger partial charge in [-0.05, 0) is 6.92 Å². The van der Waals surface area contributed by atoms with Crippen LogP contribution >= 0.6 is 11.6 Å². The molecule has 0 radical (unpaired) electrons. The first kappa shape index (κ1) is 12.1. The fourth-order valence-corrected chi connectivity index (χ4v) is 0.203. The van der Waals surface area contributed by atoms with Gasteiger partial charge in [0.1, 0.15) is 6.29 Å². The minimum atomic E-state index is -0.211. The van der Waals surface area contributed by atoms with Crippen LogP contribution in [0.3, 0.4) is 0 Å². The van der Waals surface area contributed by atoms with Crippen molar-refractivity contribution in [1.29, 1.82) is 0 Å². The van der Waals surface area contributed by atoms with Crippen molar-refractivity contribution < 1.29 is 14.3 Å². The summed E-state index contributed by atoms with van der Waals surface area (Å²) in [6.45, 7) is 3.65. The molecule has 0 atom stereocenters. The fraction of sp³-hybridized carbons (Fsp3) is 0.667. The maximum Gasteiger partial charge on any atom is 0.302 e. The summed E-state index contributed by atoms with van der Waals surface area (Å²) in [4.78, 5) is 18.9. The molecule has 0 N–H and O–H groups in total. The van der Waals surface area contributed by atoms with Gasteiger partial charge in [-0.2, -0.15) is 0 Å². The molecule has 0 saturated heterocycles. The first-order valence-electron chi connectivity index (χ1n) is 2.82. The molecule has 0 aliphatic carbocycles. The van der Waals surface area contributed by atoms with Crippen molar-refractivity contribution in [3.63, 3.8) is 0 Å². The van der Waals surface area contributed by atoms with E-state index in [9.17, 15) is 4.79 Å². The smallest absolute Gasteiger partial charge is 0.302 e. The number of ether oxygens (including phenoxy) is 1. The molecule has 4 heteroatoms. The van der Waals surface area contributed by atoms with Crippen LogP contribution in [0.25, 0.3) is 0 Å². The highest BCUT2D eigenvalue weighted by atomic mass is 35.5. The lowest BCUT2D eigenvalue weighted by Gasteiger charge is -1.89. The van der Waals surface area contributed by atoms with E-state index in [1.54, 1.807) is 6.92 Å². The van der Waals surface area contributed by atoms with Crippen LogP contribution in [0.1, 0.15) is 13.8 Å². The fourth-order valence-electron chi connectivity index (χ4n) is 0.203. The molecule has 0 heterocycles. The summed E-state index contributed by atoms with van der Waals surface area (Å²) in [6, 6.07) is 0. The third-order valence-electron chi connectivity index (χ3n) is 0.411. The second-order valence-electron chi connectivity index (χ2n) is 1.25. The molecule has 0 unspecified atom stereocenters. The molecule has 0 aromatic heterocycles. The zero-order valence-electron chi connectivity index (χ0n) is 6.09. The van der Waals surface area contributed by atoms with Crippen LogP contribution in [0, 0.1) is 0 Å². The molecule has 0 aliphatic heterocycles. The van der Waals surface area contributed by atoms with E-state index in [-0.39, 0.29) is 11.8 Å². The van der Waals surface area contributed by atoms with Crippen LogP contribution in [0.5, 0.6) is 0 Å². The predicted octanol–water partition coefficient (Wildman–Crippen LogP) is 0.994. The van der Waals surface area contributed by atoms with Gasteiger partial charge in [0.25, 0.3) is 0 Å². The third-order valence-corrected chi connectivity index (χ3v) is 0.537. The molecule has 60 valence electrons. The van der Waals surface area contributed by atoms with Gasteiger partial charge in [0.2, 0.25) is 0 Å². The quantitative estimate of drug-likeness (QED) is 0.349. The first-order chi connectivity index (χ1) is 4.68. The Labute approximate surface area is 65.3 Å². The summed E-state index contributed by atoms with van der Waals surface area (Å²) in [5, 5.41) is 0. The zero-order valence-corrected chi connectivity index (χ0v) is 6.85. The Hall–Kier alpha value is -0.570. The number of alkyl halides is 1. The maximum absolute atomic E-state index is 9.82. The summed E-state index contributed by atoms with van der Waals surface area (Å²) in [5.74, 6) is -0.0995. The average Bonchev–Trinajstić information content (AvgIpc) is 1.89. The Balaban J connectivity index is 0. The van der Waals surface area contributed by atoms with Crippen LogP contribution in [0.4, 0.5) is 0 Å². The van der Waals surface area contributed by atoms with Crippen molar-refractivity contribution in [1.82, 2.24) is 0 Å². The van der Waals surface area contributed by atoms with Crippen molar-refractivity contribution in [3.05, 3.63) is 0 Å². The highest BCUT2D eigenvalue weighted by Gasteiger charge is 1.81. The summed E-state index contributed by atoms with van der Waals surface area (Å²) in [6.07, 6.45) is 0.640. The van der Waals surface area contributed by atoms with Crippen LogP contribution in [0.2, 0.25) is 0 Å². The zero-order chi connectivity index (χ0) is 8.41. The SMILES string of the molecule is CCOC(C)=O.O=CCCl. The molecule has 0 aliphatic rings. The Morgan fingerprint density at radius 3 is 2.10 bits per heavy atom. The summed E-state index contributed by atoms with van der Waals surface area (Å²) < 4.78 is 4.40. The minimum absolute atomic E-state index is 0.111. The van der Waals surface area contributed by atoms with Gasteiger partial charge in [0.05, 0.1) is 12.5 Å². The van der Waals surface area contributed by atoms with E-state index in [0.717, 1.165) is 0 Å². The van der Waals surface area contributed by atoms with Gasteiger partial charge in [-0.1, -0.05) is 0 Å². The Morgan fingerprint density at radius 1 is 1.70 bits per heavy atom. The Morgan fingerprint density at radius 2 is 2.10 bits per heavy atom. The van der Waals surface area contributed by atoms with E-state index >= 15 is 0 Å². The van der Waals surface area contributed by atoms with Crippen LogP contribution < -0.4 is 0 Å². The summed E-state index contributed by atoms with van der Waals surface area (Å²) >= 11 is 4.82. The summed E-state index contributed by atoms with van der Waals surface area (Å²) in [5.41, 5.74) is 0. The number of carbonyl (C=O) groups is 2. The molecule has 0 aromatic rings. The molecule has 10 heavy (non-hydrogen) atoms. The topological polar surface area (TPSA) is 43.4 Å². The van der Waals surface area contributed by atoms with E-state index < -0.39 is 0 Å². The second kappa shape index (κ2) is 11.3. The van der Waals surface area contributed by atoms with Crippen molar-refractivity contribution in [2.75, 3.05) is 12.5 Å². The lowest BCUT2D eigenvalue weighted by Crippen LogP contribution is -1.95. The van der Waals surface area contributed by atoms with E-state index in [0.29, 0.717) is 12.9 Å². The second-order valence-corrected chi connectivity index (χ2v) is 1.55. The molecule has 3 nitrogen and oxygen atoms in total. The van der Waals surface area contributed by atoms with Crippen molar-refractivity contribution in [2.24, 2.45) is 0 Å². The average molecular weight is 167 g/mol. The number of rotatable bonds is 2. The lowest BCUT2D eigenvalue weighted by molar-refractivity contribution is -0.140. The van der Waals surface area contributed by atoms with Crippen LogP contribution in [0.15, 0.2) is 0 Å². The molecule has 0 fully saturated rings. The van der Waals surface area contributed by atoms with Gasteiger partial charge in [0, 0.05) is 6.92 Å². The van der Waals surface area contributed by atoms with E-state index in [2.05, 4.69) is 4.74 Å². The van der Waals surface area contributed by atoms with Gasteiger partial charge in [-0.25, -0.2) is 0 Å². The minimum Gasteiger partial charge on any atom is -0.466 e. The Kier molecular flexibility index (Phi) is 13.7. The standard InChI is InChI=1S/C4H8O2.C2H3ClO/c1-3-6-4(2)5;3-1-2-4/h3H2,1-2H3;2H,1H2. The highest BCUT2D eigenvalue weighted by Crippen LogP contribution is 1.69. The first-order valence-corrected chi connectivity index (χ1v) is 3.35. The molecule has 0 aromatic carbocycles. The van der Waals surface area contributed by atoms with Gasteiger partial charge in [-0.15, -0.1) is 11.6 Å². The monoisotopic (exact) mass is 166 g/mol. The predicted molar refractivity (Wildman–Crippen MR) is 39.1 cm³/mol. The number of esters is 1. The van der Waals surface area contributed by atoms with E-state index in [1.807, 2.05) is 0 Å². The molecule has 0 bridgehead atoms. The maximum atomic E-state index is 9.82. The number of carbonyl (C=O) groups excluding carboxylic acids is 2. The van der Waals surface area contributed by atoms with Crippen LogP contribution in [-0.4, -0.2) is 24.7 Å². The lowest BCUT2D eigenvalue weighted by atomic mass is 10.8. The van der Waals surface area contributed by atoms with Crippen molar-refractivity contribution >= 4 is 23.9 Å². The Bertz CT molecular complexity index is 93.0. The highest BCUT2D eigenvalue weighted by molar-refractivity contribution is 6.24. The third kappa shape index (κ3) is 26.1. The van der Waals surface area contributed by atoms with E-state index in [4.69, 9.17) is 16.4 Å². The molecular weight excluding hydrogens is 156 g/mol. The normalized spacial score (nSPS) is 7.10. The van der Waals surface area contributed by atoms with Crippen molar-refractivity contribution in [2.45, 2.75) is 13.8 Å². The molecule has 0 amide bonds. The molecule has 0 rings (SSSR count). The number of halogens is 1. The number of hydrogen-bond acceptors (Lipinski definition) is 3. The van der Waals surface area contributed by atoms with Gasteiger partial charge < -0.3 is 9.53 Å². The van der Waals surface area contributed by atoms with Gasteiger partial charge >= 0.3 is 5.97 Å². The molecule has 0 spiro atoms. The number of hydrogen-bond donors (Lipinski definition) is 0. The van der Waals surface area contributed by atoms with Crippen molar-refractivity contribution in [3.8, 4) is 0 Å². The largest absolute Gasteiger partial charge is 0.466 e. The van der Waals surface area contributed by atoms with Gasteiger partial charge in [0.15, 0.2) is 0 Å². The van der Waals surface area contributed by atoms with Crippen LogP contribution in [-0.2, 0) is 14.3 Å². The number of aldehydes is 1. The summed E-state index contributed by atoms with van der Waals surface area (Å²) in [7, 11) is 0. The molecule has 0 saturated carbocycles. The molecular formula is C6H11ClO3. The van der Waals surface area contributed by atoms with Gasteiger partial charge in [-0.3, -0.25) is 4.79 Å². The van der Waals surface area contributed by atoms with E-state index in [1.165, 1.54) is 6.92 Å².